The maximum atomic E-state index is 9.13. The fourth-order valence-corrected chi connectivity index (χ4v) is 3.08. The number of nitrogens with two attached hydrogens (primary N) is 1. The highest BCUT2D eigenvalue weighted by Gasteiger charge is 2.14. The molecule has 1 heterocycles. The van der Waals surface area contributed by atoms with Crippen molar-refractivity contribution in [3.63, 3.8) is 0 Å². The quantitative estimate of drug-likeness (QED) is 0.771. The molecular formula is C13H23NOS. The third kappa shape index (κ3) is 3.89. The highest BCUT2D eigenvalue weighted by molar-refractivity contribution is 7.12. The Bertz CT molecular complexity index is 294. The lowest BCUT2D eigenvalue weighted by molar-refractivity contribution is 0.217. The zero-order valence-electron chi connectivity index (χ0n) is 10.3. The van der Waals surface area contributed by atoms with Crippen LogP contribution in [-0.2, 0) is 6.42 Å². The number of hydrogen-bond donors (Lipinski definition) is 2. The summed E-state index contributed by atoms with van der Waals surface area (Å²) in [7, 11) is 0. The van der Waals surface area contributed by atoms with Crippen molar-refractivity contribution in [3.05, 3.63) is 21.9 Å². The molecule has 16 heavy (non-hydrogen) atoms. The minimum atomic E-state index is 0.202. The number of aliphatic hydroxyl groups excluding tert-OH is 1. The van der Waals surface area contributed by atoms with Gasteiger partial charge in [0.15, 0.2) is 0 Å². The van der Waals surface area contributed by atoms with E-state index in [1.54, 1.807) is 0 Å². The van der Waals surface area contributed by atoms with Crippen LogP contribution in [0.5, 0.6) is 0 Å². The van der Waals surface area contributed by atoms with Crippen LogP contribution in [0.15, 0.2) is 12.1 Å². The van der Waals surface area contributed by atoms with Crippen molar-refractivity contribution in [1.29, 1.82) is 0 Å². The molecule has 0 bridgehead atoms. The molecule has 1 aromatic heterocycles. The lowest BCUT2D eigenvalue weighted by atomic mass is 9.95. The molecule has 0 fully saturated rings. The van der Waals surface area contributed by atoms with E-state index in [2.05, 4.69) is 26.0 Å². The van der Waals surface area contributed by atoms with Gasteiger partial charge in [-0.3, -0.25) is 0 Å². The van der Waals surface area contributed by atoms with E-state index in [9.17, 15) is 0 Å². The van der Waals surface area contributed by atoms with E-state index in [-0.39, 0.29) is 12.5 Å². The van der Waals surface area contributed by atoms with Crippen LogP contribution in [0.4, 0.5) is 0 Å². The zero-order chi connectivity index (χ0) is 12.0. The first-order valence-electron chi connectivity index (χ1n) is 6.10. The van der Waals surface area contributed by atoms with Crippen LogP contribution < -0.4 is 5.73 Å². The van der Waals surface area contributed by atoms with Gasteiger partial charge in [0.1, 0.15) is 0 Å². The lowest BCUT2D eigenvalue weighted by Gasteiger charge is -2.16. The second-order valence-electron chi connectivity index (χ2n) is 4.48. The summed E-state index contributed by atoms with van der Waals surface area (Å²) in [5.41, 5.74) is 5.61. The molecule has 0 aromatic carbocycles. The largest absolute Gasteiger partial charge is 0.396 e. The van der Waals surface area contributed by atoms with E-state index >= 15 is 0 Å². The Morgan fingerprint density at radius 3 is 2.75 bits per heavy atom. The van der Waals surface area contributed by atoms with Gasteiger partial charge in [-0.25, -0.2) is 0 Å². The van der Waals surface area contributed by atoms with Gasteiger partial charge in [0.05, 0.1) is 0 Å². The molecule has 2 nitrogen and oxygen atoms in total. The predicted molar refractivity (Wildman–Crippen MR) is 71.0 cm³/mol. The normalized spacial score (nSPS) is 15.0. The Kier molecular flexibility index (Phi) is 6.03. The molecule has 0 spiro atoms. The fraction of sp³-hybridized carbons (Fsp3) is 0.692. The third-order valence-corrected chi connectivity index (χ3v) is 4.32. The molecule has 3 heteroatoms. The van der Waals surface area contributed by atoms with Gasteiger partial charge in [-0.05, 0) is 43.4 Å². The van der Waals surface area contributed by atoms with Crippen LogP contribution in [0, 0.1) is 5.92 Å². The Morgan fingerprint density at radius 2 is 2.19 bits per heavy atom. The average Bonchev–Trinajstić information content (AvgIpc) is 2.74. The van der Waals surface area contributed by atoms with E-state index in [0.717, 1.165) is 6.42 Å². The summed E-state index contributed by atoms with van der Waals surface area (Å²) in [5, 5.41) is 9.13. The molecule has 2 atom stereocenters. The van der Waals surface area contributed by atoms with Gasteiger partial charge in [-0.2, -0.15) is 0 Å². The van der Waals surface area contributed by atoms with Gasteiger partial charge < -0.3 is 10.8 Å². The van der Waals surface area contributed by atoms with E-state index in [1.807, 2.05) is 11.3 Å². The van der Waals surface area contributed by atoms with Crippen molar-refractivity contribution in [2.75, 3.05) is 13.2 Å². The summed E-state index contributed by atoms with van der Waals surface area (Å²) in [6.45, 7) is 5.21. The van der Waals surface area contributed by atoms with Gasteiger partial charge in [0, 0.05) is 16.4 Å². The van der Waals surface area contributed by atoms with E-state index in [4.69, 9.17) is 10.8 Å². The summed E-state index contributed by atoms with van der Waals surface area (Å²) in [5.74, 6) is 0.753. The van der Waals surface area contributed by atoms with Gasteiger partial charge in [-0.15, -0.1) is 11.3 Å². The molecule has 0 radical (unpaired) electrons. The molecule has 2 unspecified atom stereocenters. The molecule has 0 aliphatic carbocycles. The maximum absolute atomic E-state index is 9.13. The lowest BCUT2D eigenvalue weighted by Crippen LogP contribution is -2.19. The van der Waals surface area contributed by atoms with E-state index in [0.29, 0.717) is 12.5 Å². The van der Waals surface area contributed by atoms with Crippen LogP contribution in [0.25, 0.3) is 0 Å². The monoisotopic (exact) mass is 241 g/mol. The van der Waals surface area contributed by atoms with Gasteiger partial charge in [0.2, 0.25) is 0 Å². The van der Waals surface area contributed by atoms with Gasteiger partial charge in [-0.1, -0.05) is 20.3 Å². The van der Waals surface area contributed by atoms with Crippen LogP contribution in [-0.4, -0.2) is 18.3 Å². The molecule has 1 rings (SSSR count). The fourth-order valence-electron chi connectivity index (χ4n) is 1.90. The molecule has 1 aromatic rings. The Labute approximate surface area is 102 Å². The smallest absolute Gasteiger partial charge is 0.0471 e. The Balaban J connectivity index is 2.54. The summed E-state index contributed by atoms with van der Waals surface area (Å²) in [6.07, 6.45) is 3.37. The highest BCUT2D eigenvalue weighted by Crippen LogP contribution is 2.29. The van der Waals surface area contributed by atoms with Crippen LogP contribution in [0.2, 0.25) is 0 Å². The highest BCUT2D eigenvalue weighted by atomic mass is 32.1. The Hall–Kier alpha value is -0.380. The van der Waals surface area contributed by atoms with Crippen LogP contribution in [0.3, 0.4) is 0 Å². The van der Waals surface area contributed by atoms with Crippen molar-refractivity contribution < 1.29 is 5.11 Å². The maximum Gasteiger partial charge on any atom is 0.0471 e. The summed E-state index contributed by atoms with van der Waals surface area (Å²) >= 11 is 1.91. The van der Waals surface area contributed by atoms with Crippen LogP contribution in [0.1, 0.15) is 42.4 Å². The zero-order valence-corrected chi connectivity index (χ0v) is 11.1. The van der Waals surface area contributed by atoms with Crippen molar-refractivity contribution in [2.45, 2.75) is 39.0 Å². The van der Waals surface area contributed by atoms with E-state index in [1.165, 1.54) is 22.6 Å². The summed E-state index contributed by atoms with van der Waals surface area (Å²) < 4.78 is 0. The van der Waals surface area contributed by atoms with Crippen molar-refractivity contribution >= 4 is 11.3 Å². The van der Waals surface area contributed by atoms with Gasteiger partial charge >= 0.3 is 0 Å². The molecular weight excluding hydrogens is 218 g/mol. The molecule has 0 aliphatic heterocycles. The van der Waals surface area contributed by atoms with E-state index < -0.39 is 0 Å². The number of hydrogen-bond acceptors (Lipinski definition) is 3. The second-order valence-corrected chi connectivity index (χ2v) is 5.68. The Morgan fingerprint density at radius 1 is 1.44 bits per heavy atom. The third-order valence-electron chi connectivity index (χ3n) is 2.94. The first-order chi connectivity index (χ1) is 7.71. The summed E-state index contributed by atoms with van der Waals surface area (Å²) in [4.78, 5) is 2.90. The molecule has 0 saturated heterocycles. The standard InChI is InChI=1S/C13H23NOS/c1-3-4-12-5-6-13(16-12)10(2)7-11(8-14)9-15/h5-6,10-11,15H,3-4,7-9,14H2,1-2H3. The predicted octanol–water partition coefficient (Wildman–Crippen LogP) is 2.76. The van der Waals surface area contributed by atoms with Crippen molar-refractivity contribution in [3.8, 4) is 0 Å². The average molecular weight is 241 g/mol. The number of rotatable bonds is 7. The van der Waals surface area contributed by atoms with Crippen LogP contribution >= 0.6 is 11.3 Å². The minimum absolute atomic E-state index is 0.202. The SMILES string of the molecule is CCCc1ccc(C(C)CC(CN)CO)s1. The molecule has 0 amide bonds. The number of aliphatic hydroxyl groups is 1. The van der Waals surface area contributed by atoms with Crippen molar-refractivity contribution in [1.82, 2.24) is 0 Å². The number of aryl methyl sites for hydroxylation is 1. The molecule has 3 N–H and O–H groups in total. The summed E-state index contributed by atoms with van der Waals surface area (Å²) in [6, 6.07) is 4.46. The topological polar surface area (TPSA) is 46.2 Å². The van der Waals surface area contributed by atoms with Gasteiger partial charge in [0.25, 0.3) is 0 Å². The first-order valence-corrected chi connectivity index (χ1v) is 6.92. The number of thiophene rings is 1. The second kappa shape index (κ2) is 7.05. The molecule has 92 valence electrons. The minimum Gasteiger partial charge on any atom is -0.396 e. The first kappa shape index (κ1) is 13.7. The molecule has 0 aliphatic rings. The molecule has 0 saturated carbocycles. The van der Waals surface area contributed by atoms with Crippen molar-refractivity contribution in [2.24, 2.45) is 11.7 Å².